The number of halogens is 1. The molecule has 0 unspecified atom stereocenters. The minimum Gasteiger partial charge on any atom is -0.368 e. The number of hydrogen-bond donors (Lipinski definition) is 3. The van der Waals surface area contributed by atoms with E-state index in [1.807, 2.05) is 50.8 Å². The third-order valence-corrected chi connectivity index (χ3v) is 4.62. The standard InChI is InChI=1S/C22H36N6O2.HI/c1-5-23-21(25-17-19(29)26-22(2,3)4)24-12-11-20(30)28-15-13-27(14-16-28)18-9-7-6-8-10-18;/h6-10H,5,11-17H2,1-4H3,(H,26,29)(H2,23,24,25);1H. The molecule has 0 bridgehead atoms. The Kier molecular flexibility index (Phi) is 11.7. The summed E-state index contributed by atoms with van der Waals surface area (Å²) < 4.78 is 0. The van der Waals surface area contributed by atoms with Crippen molar-refractivity contribution in [2.24, 2.45) is 4.99 Å². The molecule has 0 aliphatic carbocycles. The van der Waals surface area contributed by atoms with E-state index in [4.69, 9.17) is 0 Å². The second-order valence-corrected chi connectivity index (χ2v) is 8.37. The number of aliphatic imine (C=N–C) groups is 1. The van der Waals surface area contributed by atoms with Crippen LogP contribution >= 0.6 is 24.0 Å². The van der Waals surface area contributed by atoms with Gasteiger partial charge in [-0.25, -0.2) is 4.99 Å². The molecule has 2 amide bonds. The van der Waals surface area contributed by atoms with E-state index in [0.29, 0.717) is 25.5 Å². The van der Waals surface area contributed by atoms with E-state index in [9.17, 15) is 9.59 Å². The van der Waals surface area contributed by atoms with Crippen LogP contribution in [0.25, 0.3) is 0 Å². The van der Waals surface area contributed by atoms with Crippen LogP contribution in [0, 0.1) is 0 Å². The van der Waals surface area contributed by atoms with Gasteiger partial charge in [-0.05, 0) is 39.8 Å². The minimum atomic E-state index is -0.282. The molecule has 0 aromatic heterocycles. The Hall–Kier alpha value is -2.04. The van der Waals surface area contributed by atoms with Crippen LogP contribution in [0.5, 0.6) is 0 Å². The molecule has 1 saturated heterocycles. The van der Waals surface area contributed by atoms with Crippen LogP contribution in [0.3, 0.4) is 0 Å². The third kappa shape index (κ3) is 10.2. The lowest BCUT2D eigenvalue weighted by atomic mass is 10.1. The summed E-state index contributed by atoms with van der Waals surface area (Å²) in [5, 5.41) is 9.13. The number of guanidine groups is 1. The number of amides is 2. The number of para-hydroxylation sites is 1. The fraction of sp³-hybridized carbons (Fsp3) is 0.591. The highest BCUT2D eigenvalue weighted by Crippen LogP contribution is 2.15. The Morgan fingerprint density at radius 1 is 1.03 bits per heavy atom. The van der Waals surface area contributed by atoms with Crippen molar-refractivity contribution < 1.29 is 9.59 Å². The molecule has 1 aromatic carbocycles. The maximum Gasteiger partial charge on any atom is 0.242 e. The van der Waals surface area contributed by atoms with Crippen molar-refractivity contribution in [2.75, 3.05) is 50.7 Å². The number of benzene rings is 1. The van der Waals surface area contributed by atoms with Crippen molar-refractivity contribution in [1.82, 2.24) is 20.9 Å². The lowest BCUT2D eigenvalue weighted by molar-refractivity contribution is -0.131. The van der Waals surface area contributed by atoms with Gasteiger partial charge in [-0.15, -0.1) is 24.0 Å². The van der Waals surface area contributed by atoms with Crippen LogP contribution in [0.1, 0.15) is 34.1 Å². The molecule has 0 atom stereocenters. The monoisotopic (exact) mass is 544 g/mol. The van der Waals surface area contributed by atoms with E-state index < -0.39 is 0 Å². The van der Waals surface area contributed by atoms with Crippen molar-refractivity contribution in [1.29, 1.82) is 0 Å². The van der Waals surface area contributed by atoms with Crippen LogP contribution < -0.4 is 20.9 Å². The molecule has 0 spiro atoms. The summed E-state index contributed by atoms with van der Waals surface area (Å²) in [5.41, 5.74) is 0.920. The van der Waals surface area contributed by atoms with Gasteiger partial charge in [0.15, 0.2) is 5.96 Å². The van der Waals surface area contributed by atoms with Crippen molar-refractivity contribution in [2.45, 2.75) is 39.7 Å². The van der Waals surface area contributed by atoms with Gasteiger partial charge in [0.2, 0.25) is 11.8 Å². The fourth-order valence-corrected chi connectivity index (χ4v) is 3.25. The molecule has 1 heterocycles. The van der Waals surface area contributed by atoms with E-state index in [-0.39, 0.29) is 47.9 Å². The lowest BCUT2D eigenvalue weighted by Crippen LogP contribution is -2.49. The summed E-state index contributed by atoms with van der Waals surface area (Å²) in [6.45, 7) is 12.1. The van der Waals surface area contributed by atoms with Crippen LogP contribution in [0.2, 0.25) is 0 Å². The number of anilines is 1. The number of carbonyl (C=O) groups excluding carboxylic acids is 2. The molecule has 3 N–H and O–H groups in total. The molecule has 2 rings (SSSR count). The highest BCUT2D eigenvalue weighted by atomic mass is 127. The number of hydrogen-bond acceptors (Lipinski definition) is 4. The highest BCUT2D eigenvalue weighted by molar-refractivity contribution is 14.0. The average molecular weight is 544 g/mol. The minimum absolute atomic E-state index is 0. The number of nitrogens with zero attached hydrogens (tertiary/aromatic N) is 3. The number of nitrogens with one attached hydrogen (secondary N) is 3. The van der Waals surface area contributed by atoms with Crippen LogP contribution in [0.15, 0.2) is 35.3 Å². The first-order chi connectivity index (χ1) is 14.3. The molecular weight excluding hydrogens is 507 g/mol. The molecule has 1 fully saturated rings. The van der Waals surface area contributed by atoms with Crippen LogP contribution in [0.4, 0.5) is 5.69 Å². The Bertz CT molecular complexity index is 712. The summed E-state index contributed by atoms with van der Waals surface area (Å²) in [5.74, 6) is 0.548. The van der Waals surface area contributed by atoms with Crippen LogP contribution in [-0.4, -0.2) is 74.0 Å². The predicted molar refractivity (Wildman–Crippen MR) is 137 cm³/mol. The SMILES string of the molecule is CCNC(=NCC(=O)NC(C)(C)C)NCCC(=O)N1CCN(c2ccccc2)CC1.I. The van der Waals surface area contributed by atoms with Gasteiger partial charge in [0.05, 0.1) is 0 Å². The summed E-state index contributed by atoms with van der Waals surface area (Å²) in [7, 11) is 0. The normalized spacial score (nSPS) is 14.5. The lowest BCUT2D eigenvalue weighted by Gasteiger charge is -2.36. The Morgan fingerprint density at radius 3 is 2.26 bits per heavy atom. The quantitative estimate of drug-likeness (QED) is 0.277. The van der Waals surface area contributed by atoms with E-state index in [2.05, 4.69) is 38.0 Å². The van der Waals surface area contributed by atoms with Gasteiger partial charge in [-0.1, -0.05) is 18.2 Å². The van der Waals surface area contributed by atoms with Crippen molar-refractivity contribution in [3.63, 3.8) is 0 Å². The molecule has 0 saturated carbocycles. The Balaban J connectivity index is 0.00000480. The molecular formula is C22H37IN6O2. The largest absolute Gasteiger partial charge is 0.368 e. The molecule has 31 heavy (non-hydrogen) atoms. The van der Waals surface area contributed by atoms with Gasteiger partial charge in [0, 0.05) is 56.9 Å². The Morgan fingerprint density at radius 2 is 1.68 bits per heavy atom. The van der Waals surface area contributed by atoms with Crippen molar-refractivity contribution >= 4 is 47.4 Å². The maximum atomic E-state index is 12.5. The van der Waals surface area contributed by atoms with E-state index in [1.54, 1.807) is 0 Å². The maximum absolute atomic E-state index is 12.5. The van der Waals surface area contributed by atoms with Gasteiger partial charge in [0.1, 0.15) is 6.54 Å². The predicted octanol–water partition coefficient (Wildman–Crippen LogP) is 1.81. The summed E-state index contributed by atoms with van der Waals surface area (Å²) in [6, 6.07) is 10.3. The first-order valence-corrected chi connectivity index (χ1v) is 10.7. The molecule has 1 aliphatic heterocycles. The molecule has 9 heteroatoms. The average Bonchev–Trinajstić information content (AvgIpc) is 2.71. The zero-order valence-corrected chi connectivity index (χ0v) is 21.4. The first kappa shape index (κ1) is 27.0. The van der Waals surface area contributed by atoms with E-state index >= 15 is 0 Å². The molecule has 0 radical (unpaired) electrons. The molecule has 1 aromatic rings. The molecule has 8 nitrogen and oxygen atoms in total. The zero-order chi connectivity index (χ0) is 22.0. The van der Waals surface area contributed by atoms with E-state index in [0.717, 1.165) is 26.2 Å². The topological polar surface area (TPSA) is 89.1 Å². The summed E-state index contributed by atoms with van der Waals surface area (Å²) >= 11 is 0. The number of rotatable bonds is 7. The summed E-state index contributed by atoms with van der Waals surface area (Å²) in [4.78, 5) is 33.0. The van der Waals surface area contributed by atoms with E-state index in [1.165, 1.54) is 5.69 Å². The molecule has 1 aliphatic rings. The summed E-state index contributed by atoms with van der Waals surface area (Å²) in [6.07, 6.45) is 0.393. The zero-order valence-electron chi connectivity index (χ0n) is 19.1. The van der Waals surface area contributed by atoms with Crippen LogP contribution in [-0.2, 0) is 9.59 Å². The van der Waals surface area contributed by atoms with Gasteiger partial charge >= 0.3 is 0 Å². The third-order valence-electron chi connectivity index (χ3n) is 4.62. The van der Waals surface area contributed by atoms with Gasteiger partial charge < -0.3 is 25.8 Å². The van der Waals surface area contributed by atoms with Gasteiger partial charge in [0.25, 0.3) is 0 Å². The fourth-order valence-electron chi connectivity index (χ4n) is 3.25. The smallest absolute Gasteiger partial charge is 0.242 e. The Labute approximate surface area is 203 Å². The second kappa shape index (κ2) is 13.4. The van der Waals surface area contributed by atoms with Gasteiger partial charge in [-0.2, -0.15) is 0 Å². The van der Waals surface area contributed by atoms with Gasteiger partial charge in [-0.3, -0.25) is 9.59 Å². The number of carbonyl (C=O) groups is 2. The number of piperazine rings is 1. The molecule has 174 valence electrons. The highest BCUT2D eigenvalue weighted by Gasteiger charge is 2.21. The first-order valence-electron chi connectivity index (χ1n) is 10.7. The van der Waals surface area contributed by atoms with Crippen molar-refractivity contribution in [3.8, 4) is 0 Å². The van der Waals surface area contributed by atoms with Crippen molar-refractivity contribution in [3.05, 3.63) is 30.3 Å². The second-order valence-electron chi connectivity index (χ2n) is 8.37.